The van der Waals surface area contributed by atoms with Crippen molar-refractivity contribution in [3.63, 3.8) is 0 Å². The molecular formula is C27H32N2O5. The van der Waals surface area contributed by atoms with Gasteiger partial charge in [-0.05, 0) is 41.5 Å². The van der Waals surface area contributed by atoms with Gasteiger partial charge in [-0.15, -0.1) is 0 Å². The summed E-state index contributed by atoms with van der Waals surface area (Å²) < 4.78 is 5.56. The van der Waals surface area contributed by atoms with Gasteiger partial charge in [-0.25, -0.2) is 9.59 Å². The Hall–Kier alpha value is -3.35. The third kappa shape index (κ3) is 4.79. The van der Waals surface area contributed by atoms with E-state index in [0.29, 0.717) is 19.3 Å². The van der Waals surface area contributed by atoms with E-state index in [-0.39, 0.29) is 12.5 Å². The number of ether oxygens (including phenoxy) is 1. The quantitative estimate of drug-likeness (QED) is 0.520. The Morgan fingerprint density at radius 1 is 0.971 bits per heavy atom. The molecule has 2 aromatic rings. The van der Waals surface area contributed by atoms with Crippen LogP contribution in [0.15, 0.2) is 48.5 Å². The van der Waals surface area contributed by atoms with Crippen LogP contribution in [0, 0.1) is 0 Å². The molecule has 1 saturated carbocycles. The average Bonchev–Trinajstić information content (AvgIpc) is 2.97. The van der Waals surface area contributed by atoms with Crippen LogP contribution in [-0.2, 0) is 14.3 Å². The van der Waals surface area contributed by atoms with Crippen LogP contribution in [0.1, 0.15) is 68.9 Å². The molecule has 3 N–H and O–H groups in total. The van der Waals surface area contributed by atoms with E-state index in [1.807, 2.05) is 36.4 Å². The number of hydrogen-bond donors (Lipinski definition) is 3. The fourth-order valence-corrected chi connectivity index (χ4v) is 5.18. The van der Waals surface area contributed by atoms with Crippen molar-refractivity contribution < 1.29 is 24.2 Å². The van der Waals surface area contributed by atoms with Crippen molar-refractivity contribution in [1.82, 2.24) is 10.6 Å². The number of carbonyl (C=O) groups is 3. The number of nitrogens with one attached hydrogen (secondary N) is 2. The SMILES string of the molecule is CC[C@H](NC(=O)OCC1c2ccccc2-c2ccccc21)C(=O)NC1(C(=O)O)CCCCCC1. The highest BCUT2D eigenvalue weighted by Crippen LogP contribution is 2.44. The number of rotatable bonds is 7. The van der Waals surface area contributed by atoms with Crippen LogP contribution in [-0.4, -0.2) is 41.3 Å². The molecule has 1 fully saturated rings. The minimum atomic E-state index is -1.27. The molecule has 2 amide bonds. The first-order chi connectivity index (χ1) is 16.4. The summed E-state index contributed by atoms with van der Waals surface area (Å²) >= 11 is 0. The van der Waals surface area contributed by atoms with E-state index < -0.39 is 29.6 Å². The van der Waals surface area contributed by atoms with Crippen LogP contribution >= 0.6 is 0 Å². The van der Waals surface area contributed by atoms with Gasteiger partial charge in [0.25, 0.3) is 0 Å². The first-order valence-electron chi connectivity index (χ1n) is 12.1. The smallest absolute Gasteiger partial charge is 0.407 e. The minimum absolute atomic E-state index is 0.0756. The Balaban J connectivity index is 1.39. The van der Waals surface area contributed by atoms with Gasteiger partial charge in [0, 0.05) is 5.92 Å². The van der Waals surface area contributed by atoms with E-state index in [4.69, 9.17) is 4.74 Å². The molecule has 2 aliphatic rings. The zero-order valence-electron chi connectivity index (χ0n) is 19.5. The largest absolute Gasteiger partial charge is 0.480 e. The van der Waals surface area contributed by atoms with Gasteiger partial charge >= 0.3 is 12.1 Å². The number of hydrogen-bond acceptors (Lipinski definition) is 4. The summed E-state index contributed by atoms with van der Waals surface area (Å²) in [5.74, 6) is -1.58. The maximum absolute atomic E-state index is 12.9. The van der Waals surface area contributed by atoms with Crippen molar-refractivity contribution in [2.45, 2.75) is 69.4 Å². The van der Waals surface area contributed by atoms with Crippen LogP contribution in [0.5, 0.6) is 0 Å². The topological polar surface area (TPSA) is 105 Å². The molecule has 4 rings (SSSR count). The normalized spacial score (nSPS) is 17.6. The number of carbonyl (C=O) groups excluding carboxylic acids is 2. The zero-order valence-corrected chi connectivity index (χ0v) is 19.5. The standard InChI is InChI=1S/C27H32N2O5/c1-2-23(24(30)29-27(25(31)32)15-9-3-4-10-16-27)28-26(33)34-17-22-20-13-7-5-11-18(20)19-12-6-8-14-21(19)22/h5-8,11-14,22-23H,2-4,9-10,15-17H2,1H3,(H,28,33)(H,29,30)(H,31,32)/t23-/m0/s1. The third-order valence-electron chi connectivity index (χ3n) is 7.09. The number of carboxylic acids is 1. The Kier molecular flexibility index (Phi) is 7.20. The van der Waals surface area contributed by atoms with Crippen LogP contribution in [0.4, 0.5) is 4.79 Å². The molecule has 180 valence electrons. The number of alkyl carbamates (subject to hydrolysis) is 1. The van der Waals surface area contributed by atoms with Gasteiger partial charge in [0.1, 0.15) is 18.2 Å². The molecule has 0 aromatic heterocycles. The molecule has 1 atom stereocenters. The lowest BCUT2D eigenvalue weighted by atomic mass is 9.89. The average molecular weight is 465 g/mol. The lowest BCUT2D eigenvalue weighted by Crippen LogP contribution is -2.59. The molecule has 0 bridgehead atoms. The monoisotopic (exact) mass is 464 g/mol. The van der Waals surface area contributed by atoms with E-state index in [2.05, 4.69) is 22.8 Å². The van der Waals surface area contributed by atoms with Crippen molar-refractivity contribution in [3.8, 4) is 11.1 Å². The molecule has 0 unspecified atom stereocenters. The van der Waals surface area contributed by atoms with Crippen LogP contribution in [0.2, 0.25) is 0 Å². The van der Waals surface area contributed by atoms with Gasteiger partial charge in [0.2, 0.25) is 5.91 Å². The second-order valence-electron chi connectivity index (χ2n) is 9.22. The summed E-state index contributed by atoms with van der Waals surface area (Å²) in [6, 6.07) is 15.3. The van der Waals surface area contributed by atoms with Crippen molar-refractivity contribution in [2.24, 2.45) is 0 Å². The van der Waals surface area contributed by atoms with Crippen LogP contribution in [0.25, 0.3) is 11.1 Å². The van der Waals surface area contributed by atoms with Gasteiger partial charge < -0.3 is 20.5 Å². The molecule has 2 aliphatic carbocycles. The number of amides is 2. The van der Waals surface area contributed by atoms with Crippen molar-refractivity contribution in [2.75, 3.05) is 6.61 Å². The summed E-state index contributed by atoms with van der Waals surface area (Å²) in [6.45, 7) is 1.92. The van der Waals surface area contributed by atoms with E-state index in [9.17, 15) is 19.5 Å². The van der Waals surface area contributed by atoms with E-state index in [1.165, 1.54) is 0 Å². The lowest BCUT2D eigenvalue weighted by molar-refractivity contribution is -0.148. The van der Waals surface area contributed by atoms with Gasteiger partial charge in [0.15, 0.2) is 0 Å². The van der Waals surface area contributed by atoms with Crippen molar-refractivity contribution >= 4 is 18.0 Å². The molecular weight excluding hydrogens is 432 g/mol. The summed E-state index contributed by atoms with van der Waals surface area (Å²) in [5.41, 5.74) is 3.22. The first-order valence-corrected chi connectivity index (χ1v) is 12.1. The number of benzene rings is 2. The molecule has 0 heterocycles. The van der Waals surface area contributed by atoms with E-state index in [0.717, 1.165) is 47.9 Å². The van der Waals surface area contributed by atoms with Crippen molar-refractivity contribution in [1.29, 1.82) is 0 Å². The molecule has 0 spiro atoms. The van der Waals surface area contributed by atoms with Crippen molar-refractivity contribution in [3.05, 3.63) is 59.7 Å². The number of aliphatic carboxylic acids is 1. The van der Waals surface area contributed by atoms with Gasteiger partial charge in [-0.1, -0.05) is 81.1 Å². The Morgan fingerprint density at radius 3 is 2.06 bits per heavy atom. The van der Waals surface area contributed by atoms with Gasteiger partial charge in [-0.3, -0.25) is 4.79 Å². The van der Waals surface area contributed by atoms with Gasteiger partial charge in [0.05, 0.1) is 0 Å². The first kappa shape index (κ1) is 23.8. The fourth-order valence-electron chi connectivity index (χ4n) is 5.18. The second kappa shape index (κ2) is 10.3. The molecule has 0 aliphatic heterocycles. The highest BCUT2D eigenvalue weighted by Gasteiger charge is 2.41. The zero-order chi connectivity index (χ0) is 24.1. The molecule has 7 heteroatoms. The predicted molar refractivity (Wildman–Crippen MR) is 128 cm³/mol. The molecule has 0 radical (unpaired) electrons. The van der Waals surface area contributed by atoms with Gasteiger partial charge in [-0.2, -0.15) is 0 Å². The molecule has 7 nitrogen and oxygen atoms in total. The maximum atomic E-state index is 12.9. The Bertz CT molecular complexity index is 1010. The highest BCUT2D eigenvalue weighted by molar-refractivity contribution is 5.91. The highest BCUT2D eigenvalue weighted by atomic mass is 16.5. The lowest BCUT2D eigenvalue weighted by Gasteiger charge is -2.31. The summed E-state index contributed by atoms with van der Waals surface area (Å²) in [7, 11) is 0. The molecule has 2 aromatic carbocycles. The van der Waals surface area contributed by atoms with Crippen LogP contribution < -0.4 is 10.6 Å². The van der Waals surface area contributed by atoms with E-state index >= 15 is 0 Å². The Labute approximate surface area is 199 Å². The maximum Gasteiger partial charge on any atom is 0.407 e. The fraction of sp³-hybridized carbons (Fsp3) is 0.444. The predicted octanol–water partition coefficient (Wildman–Crippen LogP) is 4.60. The second-order valence-corrected chi connectivity index (χ2v) is 9.22. The summed E-state index contributed by atoms with van der Waals surface area (Å²) in [4.78, 5) is 37.6. The summed E-state index contributed by atoms with van der Waals surface area (Å²) in [6.07, 6.45) is 3.86. The molecule has 34 heavy (non-hydrogen) atoms. The number of fused-ring (bicyclic) bond motifs is 3. The Morgan fingerprint density at radius 2 is 1.53 bits per heavy atom. The van der Waals surface area contributed by atoms with E-state index in [1.54, 1.807) is 6.92 Å². The van der Waals surface area contributed by atoms with Crippen LogP contribution in [0.3, 0.4) is 0 Å². The number of carboxylic acid groups (broad SMARTS) is 1. The third-order valence-corrected chi connectivity index (χ3v) is 7.09. The summed E-state index contributed by atoms with van der Waals surface area (Å²) in [5, 5.41) is 15.2. The minimum Gasteiger partial charge on any atom is -0.480 e. The molecule has 0 saturated heterocycles.